The first-order valence-corrected chi connectivity index (χ1v) is 9.47. The van der Waals surface area contributed by atoms with Gasteiger partial charge in [-0.3, -0.25) is 9.69 Å². The lowest BCUT2D eigenvalue weighted by molar-refractivity contribution is 0.0982. The Hall–Kier alpha value is -2.22. The molecule has 0 aliphatic heterocycles. The van der Waals surface area contributed by atoms with Gasteiger partial charge in [0.05, 0.1) is 22.9 Å². The number of rotatable bonds is 7. The highest BCUT2D eigenvalue weighted by Gasteiger charge is 2.23. The van der Waals surface area contributed by atoms with E-state index in [0.29, 0.717) is 17.4 Å². The molecule has 0 saturated heterocycles. The summed E-state index contributed by atoms with van der Waals surface area (Å²) < 4.78 is 20.4. The van der Waals surface area contributed by atoms with Gasteiger partial charge >= 0.3 is 0 Å². The second-order valence-corrected chi connectivity index (χ2v) is 7.43. The van der Waals surface area contributed by atoms with E-state index in [-0.39, 0.29) is 23.9 Å². The number of halogens is 2. The van der Waals surface area contributed by atoms with E-state index in [1.54, 1.807) is 24.1 Å². The Balaban J connectivity index is 0.00000280. The lowest BCUT2D eigenvalue weighted by atomic mass is 10.2. The topological polar surface area (TPSA) is 45.7 Å². The Bertz CT molecular complexity index is 948. The number of carbonyl (C=O) groups excluding carboxylic acids is 1. The molecule has 0 bridgehead atoms. The van der Waals surface area contributed by atoms with Gasteiger partial charge in [0.25, 0.3) is 5.91 Å². The van der Waals surface area contributed by atoms with Crippen LogP contribution in [0.15, 0.2) is 42.5 Å². The van der Waals surface area contributed by atoms with Gasteiger partial charge in [0.2, 0.25) is 0 Å². The van der Waals surface area contributed by atoms with Crippen LogP contribution in [0.2, 0.25) is 0 Å². The Labute approximate surface area is 174 Å². The zero-order valence-electron chi connectivity index (χ0n) is 16.0. The van der Waals surface area contributed by atoms with Crippen LogP contribution in [0.3, 0.4) is 0 Å². The van der Waals surface area contributed by atoms with Crippen LogP contribution in [0, 0.1) is 5.82 Å². The molecule has 28 heavy (non-hydrogen) atoms. The molecule has 0 N–H and O–H groups in total. The number of hydrogen-bond acceptors (Lipinski definition) is 5. The third-order valence-corrected chi connectivity index (χ3v) is 5.21. The molecule has 0 radical (unpaired) electrons. The minimum atomic E-state index is -0.525. The molecule has 8 heteroatoms. The Kier molecular flexibility index (Phi) is 7.74. The molecular weight excluding hydrogens is 401 g/mol. The van der Waals surface area contributed by atoms with Gasteiger partial charge in [-0.25, -0.2) is 9.37 Å². The van der Waals surface area contributed by atoms with E-state index < -0.39 is 5.82 Å². The highest BCUT2D eigenvalue weighted by Crippen LogP contribution is 2.32. The fraction of sp³-hybridized carbons (Fsp3) is 0.300. The molecule has 0 unspecified atom stereocenters. The maximum Gasteiger partial charge on any atom is 0.263 e. The van der Waals surface area contributed by atoms with Crippen molar-refractivity contribution in [3.05, 3.63) is 53.8 Å². The number of fused-ring (bicyclic) bond motifs is 1. The smallest absolute Gasteiger partial charge is 0.263 e. The zero-order chi connectivity index (χ0) is 19.4. The van der Waals surface area contributed by atoms with Crippen LogP contribution < -0.4 is 9.64 Å². The Morgan fingerprint density at radius 2 is 1.93 bits per heavy atom. The molecule has 0 atom stereocenters. The van der Waals surface area contributed by atoms with Crippen molar-refractivity contribution in [1.29, 1.82) is 0 Å². The first-order valence-electron chi connectivity index (χ1n) is 8.65. The van der Waals surface area contributed by atoms with Gasteiger partial charge in [-0.1, -0.05) is 23.5 Å². The largest absolute Gasteiger partial charge is 0.497 e. The van der Waals surface area contributed by atoms with Crippen molar-refractivity contribution < 1.29 is 13.9 Å². The van der Waals surface area contributed by atoms with E-state index in [1.807, 2.05) is 32.3 Å². The van der Waals surface area contributed by atoms with Crippen molar-refractivity contribution in [1.82, 2.24) is 9.88 Å². The number of thiazole rings is 1. The SMILES string of the molecule is COc1ccc2sc(N(CCCN(C)C)C(=O)c3ccccc3F)nc2c1.Cl. The lowest BCUT2D eigenvalue weighted by Crippen LogP contribution is -2.34. The number of ether oxygens (including phenoxy) is 1. The van der Waals surface area contributed by atoms with Crippen molar-refractivity contribution in [3.63, 3.8) is 0 Å². The molecular formula is C20H23ClFN3O2S. The molecule has 0 spiro atoms. The van der Waals surface area contributed by atoms with Gasteiger partial charge in [-0.15, -0.1) is 12.4 Å². The van der Waals surface area contributed by atoms with Gasteiger partial charge in [0, 0.05) is 12.6 Å². The van der Waals surface area contributed by atoms with Gasteiger partial charge in [-0.05, 0) is 51.3 Å². The molecule has 1 heterocycles. The van der Waals surface area contributed by atoms with Crippen molar-refractivity contribution in [2.24, 2.45) is 0 Å². The minimum Gasteiger partial charge on any atom is -0.497 e. The van der Waals surface area contributed by atoms with Crippen LogP contribution in [0.25, 0.3) is 10.2 Å². The zero-order valence-corrected chi connectivity index (χ0v) is 17.6. The normalized spacial score (nSPS) is 10.8. The van der Waals surface area contributed by atoms with Gasteiger partial charge < -0.3 is 9.64 Å². The lowest BCUT2D eigenvalue weighted by Gasteiger charge is -2.21. The van der Waals surface area contributed by atoms with Crippen molar-refractivity contribution >= 4 is 45.0 Å². The fourth-order valence-electron chi connectivity index (χ4n) is 2.75. The van der Waals surface area contributed by atoms with E-state index >= 15 is 0 Å². The summed E-state index contributed by atoms with van der Waals surface area (Å²) in [6.07, 6.45) is 0.756. The van der Waals surface area contributed by atoms with Gasteiger partial charge in [0.15, 0.2) is 5.13 Å². The second kappa shape index (κ2) is 9.82. The third kappa shape index (κ3) is 4.98. The molecule has 2 aromatic carbocycles. The molecule has 1 amide bonds. The molecule has 3 aromatic rings. The average molecular weight is 424 g/mol. The van der Waals surface area contributed by atoms with Crippen LogP contribution in [0.1, 0.15) is 16.8 Å². The van der Waals surface area contributed by atoms with Crippen LogP contribution >= 0.6 is 23.7 Å². The van der Waals surface area contributed by atoms with Crippen LogP contribution in [-0.2, 0) is 0 Å². The quantitative estimate of drug-likeness (QED) is 0.562. The predicted octanol–water partition coefficient (Wildman–Crippen LogP) is 4.46. The summed E-state index contributed by atoms with van der Waals surface area (Å²) in [5, 5.41) is 0.560. The second-order valence-electron chi connectivity index (χ2n) is 6.42. The summed E-state index contributed by atoms with van der Waals surface area (Å²) in [5.41, 5.74) is 0.812. The monoisotopic (exact) mass is 423 g/mol. The summed E-state index contributed by atoms with van der Waals surface area (Å²) >= 11 is 1.41. The average Bonchev–Trinajstić information content (AvgIpc) is 3.07. The van der Waals surface area contributed by atoms with E-state index in [0.717, 1.165) is 23.2 Å². The summed E-state index contributed by atoms with van der Waals surface area (Å²) in [7, 11) is 5.56. The summed E-state index contributed by atoms with van der Waals surface area (Å²) in [6, 6.07) is 11.7. The third-order valence-electron chi connectivity index (χ3n) is 4.15. The summed E-state index contributed by atoms with van der Waals surface area (Å²) in [5.74, 6) is -0.195. The van der Waals surface area contributed by atoms with E-state index in [9.17, 15) is 9.18 Å². The molecule has 3 rings (SSSR count). The van der Waals surface area contributed by atoms with Crippen LogP contribution in [0.5, 0.6) is 5.75 Å². The number of anilines is 1. The number of carbonyl (C=O) groups is 1. The minimum absolute atomic E-state index is 0. The van der Waals surface area contributed by atoms with Gasteiger partial charge in [0.1, 0.15) is 11.6 Å². The standard InChI is InChI=1S/C20H22FN3O2S.ClH/c1-23(2)11-6-12-24(19(25)15-7-4-5-8-16(15)21)20-22-17-13-14(26-3)9-10-18(17)27-20;/h4-5,7-10,13H,6,11-12H2,1-3H3;1H. The molecule has 0 fully saturated rings. The van der Waals surface area contributed by atoms with E-state index in [1.165, 1.54) is 23.5 Å². The first-order chi connectivity index (χ1) is 13.0. The fourth-order valence-corrected chi connectivity index (χ4v) is 3.72. The highest BCUT2D eigenvalue weighted by atomic mass is 35.5. The number of benzene rings is 2. The highest BCUT2D eigenvalue weighted by molar-refractivity contribution is 7.22. The summed E-state index contributed by atoms with van der Waals surface area (Å²) in [6.45, 7) is 1.28. The molecule has 5 nitrogen and oxygen atoms in total. The number of aromatic nitrogens is 1. The van der Waals surface area contributed by atoms with Crippen LogP contribution in [0.4, 0.5) is 9.52 Å². The molecule has 0 aliphatic carbocycles. The molecule has 0 aliphatic rings. The van der Waals surface area contributed by atoms with Crippen molar-refractivity contribution in [2.75, 3.05) is 39.2 Å². The molecule has 0 saturated carbocycles. The van der Waals surface area contributed by atoms with Gasteiger partial charge in [-0.2, -0.15) is 0 Å². The maximum atomic E-state index is 14.2. The maximum absolute atomic E-state index is 14.2. The number of hydrogen-bond donors (Lipinski definition) is 0. The summed E-state index contributed by atoms with van der Waals surface area (Å²) in [4.78, 5) is 21.3. The Morgan fingerprint density at radius 1 is 1.18 bits per heavy atom. The Morgan fingerprint density at radius 3 is 2.61 bits per heavy atom. The van der Waals surface area contributed by atoms with Crippen molar-refractivity contribution in [2.45, 2.75) is 6.42 Å². The number of amides is 1. The van der Waals surface area contributed by atoms with E-state index in [4.69, 9.17) is 4.74 Å². The molecule has 150 valence electrons. The van der Waals surface area contributed by atoms with E-state index in [2.05, 4.69) is 9.88 Å². The van der Waals surface area contributed by atoms with Crippen LogP contribution in [-0.4, -0.2) is 50.1 Å². The number of methoxy groups -OCH3 is 1. The predicted molar refractivity (Wildman–Crippen MR) is 115 cm³/mol. The number of nitrogens with zero attached hydrogens (tertiary/aromatic N) is 3. The molecule has 1 aromatic heterocycles. The van der Waals surface area contributed by atoms with Crippen molar-refractivity contribution in [3.8, 4) is 5.75 Å². The first kappa shape index (κ1) is 22.1.